The Labute approximate surface area is 133 Å². The molecule has 5 nitrogen and oxygen atoms in total. The molecule has 1 saturated heterocycles. The zero-order valence-electron chi connectivity index (χ0n) is 12.5. The fraction of sp³-hybridized carbons (Fsp3) is 0.375. The van der Waals surface area contributed by atoms with Crippen molar-refractivity contribution in [2.45, 2.75) is 26.2 Å². The van der Waals surface area contributed by atoms with E-state index in [1.165, 1.54) is 24.3 Å². The van der Waals surface area contributed by atoms with Gasteiger partial charge in [-0.2, -0.15) is 4.98 Å². The van der Waals surface area contributed by atoms with Crippen molar-refractivity contribution in [3.8, 4) is 0 Å². The average Bonchev–Trinajstić information content (AvgIpc) is 3.14. The predicted octanol–water partition coefficient (Wildman–Crippen LogP) is 4.33. The highest BCUT2D eigenvalue weighted by molar-refractivity contribution is 7.19. The lowest BCUT2D eigenvalue weighted by molar-refractivity contribution is 0.580. The molecule has 114 valence electrons. The molecule has 3 heterocycles. The molecule has 1 aliphatic heterocycles. The number of piperidine rings is 1. The molecule has 4 rings (SSSR count). The standard InChI is InChI=1S/C16H18N4OS/c1-11-5-6-12-13(9-11)21-15(18-12)19-16-17-10-14(22-16)20-7-3-2-4-8-20/h5-6,9-10H,2-4,7-8H2,1H3,(H,17,18,19). The van der Waals surface area contributed by atoms with Crippen LogP contribution >= 0.6 is 11.3 Å². The minimum absolute atomic E-state index is 0.500. The molecule has 1 N–H and O–H groups in total. The van der Waals surface area contributed by atoms with Gasteiger partial charge in [-0.05, 0) is 43.9 Å². The van der Waals surface area contributed by atoms with E-state index >= 15 is 0 Å². The second-order valence-electron chi connectivity index (χ2n) is 5.67. The number of oxazole rings is 1. The van der Waals surface area contributed by atoms with Gasteiger partial charge in [0.1, 0.15) is 10.5 Å². The van der Waals surface area contributed by atoms with Gasteiger partial charge >= 0.3 is 6.01 Å². The molecule has 1 aliphatic rings. The largest absolute Gasteiger partial charge is 0.423 e. The highest BCUT2D eigenvalue weighted by Crippen LogP contribution is 2.31. The molecule has 2 aromatic heterocycles. The summed E-state index contributed by atoms with van der Waals surface area (Å²) >= 11 is 1.65. The fourth-order valence-corrected chi connectivity index (χ4v) is 3.62. The van der Waals surface area contributed by atoms with Gasteiger partial charge in [-0.1, -0.05) is 17.4 Å². The monoisotopic (exact) mass is 314 g/mol. The molecule has 1 aromatic carbocycles. The maximum atomic E-state index is 5.74. The Bertz CT molecular complexity index is 788. The number of anilines is 3. The van der Waals surface area contributed by atoms with Gasteiger partial charge < -0.3 is 9.32 Å². The van der Waals surface area contributed by atoms with Crippen LogP contribution in [0.4, 0.5) is 16.1 Å². The number of hydrogen-bond acceptors (Lipinski definition) is 6. The summed E-state index contributed by atoms with van der Waals surface area (Å²) in [4.78, 5) is 11.3. The van der Waals surface area contributed by atoms with Gasteiger partial charge in [-0.15, -0.1) is 0 Å². The number of hydrogen-bond donors (Lipinski definition) is 1. The third-order valence-corrected chi connectivity index (χ3v) is 4.89. The van der Waals surface area contributed by atoms with Crippen molar-refractivity contribution in [2.24, 2.45) is 0 Å². The van der Waals surface area contributed by atoms with Crippen molar-refractivity contribution in [1.29, 1.82) is 0 Å². The Kier molecular flexibility index (Phi) is 3.46. The van der Waals surface area contributed by atoms with E-state index in [-0.39, 0.29) is 0 Å². The molecule has 0 bridgehead atoms. The summed E-state index contributed by atoms with van der Waals surface area (Å²) in [5, 5.41) is 5.22. The molecule has 3 aromatic rings. The smallest absolute Gasteiger partial charge is 0.302 e. The number of benzene rings is 1. The molecule has 22 heavy (non-hydrogen) atoms. The minimum atomic E-state index is 0.500. The fourth-order valence-electron chi connectivity index (χ4n) is 2.76. The highest BCUT2D eigenvalue weighted by Gasteiger charge is 2.15. The number of fused-ring (bicyclic) bond motifs is 1. The topological polar surface area (TPSA) is 54.2 Å². The van der Waals surface area contributed by atoms with E-state index < -0.39 is 0 Å². The molecule has 0 spiro atoms. The highest BCUT2D eigenvalue weighted by atomic mass is 32.1. The second-order valence-corrected chi connectivity index (χ2v) is 6.68. The molecule has 1 fully saturated rings. The van der Waals surface area contributed by atoms with Crippen molar-refractivity contribution in [3.63, 3.8) is 0 Å². The zero-order valence-corrected chi connectivity index (χ0v) is 13.3. The maximum Gasteiger partial charge on any atom is 0.302 e. The van der Waals surface area contributed by atoms with Gasteiger partial charge in [-0.25, -0.2) is 4.98 Å². The first-order valence-corrected chi connectivity index (χ1v) is 8.44. The summed E-state index contributed by atoms with van der Waals surface area (Å²) in [5.74, 6) is 0. The van der Waals surface area contributed by atoms with Crippen LogP contribution in [0.3, 0.4) is 0 Å². The van der Waals surface area contributed by atoms with E-state index in [1.54, 1.807) is 11.3 Å². The first kappa shape index (κ1) is 13.6. The van der Waals surface area contributed by atoms with Gasteiger partial charge in [0.05, 0.1) is 6.20 Å². The van der Waals surface area contributed by atoms with Crippen LogP contribution in [0.5, 0.6) is 0 Å². The van der Waals surface area contributed by atoms with Crippen LogP contribution in [-0.4, -0.2) is 23.1 Å². The average molecular weight is 314 g/mol. The predicted molar refractivity (Wildman–Crippen MR) is 90.2 cm³/mol. The molecular weight excluding hydrogens is 296 g/mol. The number of aryl methyl sites for hydroxylation is 1. The first-order chi connectivity index (χ1) is 10.8. The van der Waals surface area contributed by atoms with Gasteiger partial charge in [0.25, 0.3) is 0 Å². The van der Waals surface area contributed by atoms with E-state index in [9.17, 15) is 0 Å². The van der Waals surface area contributed by atoms with E-state index in [2.05, 4.69) is 20.2 Å². The number of aromatic nitrogens is 2. The summed E-state index contributed by atoms with van der Waals surface area (Å²) in [6.45, 7) is 4.30. The van der Waals surface area contributed by atoms with Gasteiger partial charge in [0.15, 0.2) is 10.7 Å². The SMILES string of the molecule is Cc1ccc2nc(Nc3ncc(N4CCCCC4)s3)oc2c1. The van der Waals surface area contributed by atoms with Crippen LogP contribution in [0, 0.1) is 6.92 Å². The molecule has 0 aliphatic carbocycles. The van der Waals surface area contributed by atoms with Crippen LogP contribution in [0.1, 0.15) is 24.8 Å². The normalized spacial score (nSPS) is 15.4. The van der Waals surface area contributed by atoms with Crippen molar-refractivity contribution in [2.75, 3.05) is 23.3 Å². The number of nitrogens with one attached hydrogen (secondary N) is 1. The van der Waals surface area contributed by atoms with Crippen LogP contribution in [-0.2, 0) is 0 Å². The second kappa shape index (κ2) is 5.61. The number of thiazole rings is 1. The Hall–Kier alpha value is -2.08. The molecule has 0 atom stereocenters. The Morgan fingerprint density at radius 2 is 2.09 bits per heavy atom. The van der Waals surface area contributed by atoms with Crippen molar-refractivity contribution in [1.82, 2.24) is 9.97 Å². The van der Waals surface area contributed by atoms with Crippen molar-refractivity contribution in [3.05, 3.63) is 30.0 Å². The van der Waals surface area contributed by atoms with Crippen molar-refractivity contribution < 1.29 is 4.42 Å². The molecular formula is C16H18N4OS. The lowest BCUT2D eigenvalue weighted by atomic mass is 10.1. The van der Waals surface area contributed by atoms with Crippen LogP contribution in [0.15, 0.2) is 28.8 Å². The van der Waals surface area contributed by atoms with Gasteiger partial charge in [0, 0.05) is 13.1 Å². The van der Waals surface area contributed by atoms with Crippen LogP contribution < -0.4 is 10.2 Å². The molecule has 0 saturated carbocycles. The molecule has 0 radical (unpaired) electrons. The number of rotatable bonds is 3. The van der Waals surface area contributed by atoms with E-state index in [4.69, 9.17) is 4.42 Å². The van der Waals surface area contributed by atoms with Crippen LogP contribution in [0.25, 0.3) is 11.1 Å². The Balaban J connectivity index is 1.53. The summed E-state index contributed by atoms with van der Waals surface area (Å²) < 4.78 is 5.74. The lowest BCUT2D eigenvalue weighted by Crippen LogP contribution is -2.28. The molecule has 0 amide bonds. The third kappa shape index (κ3) is 2.66. The summed E-state index contributed by atoms with van der Waals surface area (Å²) in [6, 6.07) is 6.50. The quantitative estimate of drug-likeness (QED) is 0.780. The van der Waals surface area contributed by atoms with Gasteiger partial charge in [0.2, 0.25) is 0 Å². The summed E-state index contributed by atoms with van der Waals surface area (Å²) in [5.41, 5.74) is 2.83. The molecule has 0 unspecified atom stereocenters. The summed E-state index contributed by atoms with van der Waals surface area (Å²) in [7, 11) is 0. The first-order valence-electron chi connectivity index (χ1n) is 7.63. The Morgan fingerprint density at radius 3 is 2.95 bits per heavy atom. The lowest BCUT2D eigenvalue weighted by Gasteiger charge is -2.26. The van der Waals surface area contributed by atoms with Crippen molar-refractivity contribution >= 4 is 38.6 Å². The van der Waals surface area contributed by atoms with E-state index in [0.717, 1.165) is 34.9 Å². The van der Waals surface area contributed by atoms with E-state index in [0.29, 0.717) is 6.01 Å². The minimum Gasteiger partial charge on any atom is -0.423 e. The van der Waals surface area contributed by atoms with E-state index in [1.807, 2.05) is 31.3 Å². The Morgan fingerprint density at radius 1 is 1.23 bits per heavy atom. The maximum absolute atomic E-state index is 5.74. The zero-order chi connectivity index (χ0) is 14.9. The summed E-state index contributed by atoms with van der Waals surface area (Å²) in [6.07, 6.45) is 5.81. The van der Waals surface area contributed by atoms with Crippen LogP contribution in [0.2, 0.25) is 0 Å². The van der Waals surface area contributed by atoms with Gasteiger partial charge in [-0.3, -0.25) is 5.32 Å². The molecule has 6 heteroatoms. The number of nitrogens with zero attached hydrogens (tertiary/aromatic N) is 3. The third-order valence-electron chi connectivity index (χ3n) is 3.92.